The fourth-order valence-corrected chi connectivity index (χ4v) is 2.67. The Morgan fingerprint density at radius 2 is 2.15 bits per heavy atom. The van der Waals surface area contributed by atoms with Crippen LogP contribution >= 0.6 is 34.2 Å². The highest BCUT2D eigenvalue weighted by Gasteiger charge is 2.12. The summed E-state index contributed by atoms with van der Waals surface area (Å²) in [6, 6.07) is 9.61. The van der Waals surface area contributed by atoms with Crippen LogP contribution in [0.2, 0.25) is 5.02 Å². The highest BCUT2D eigenvalue weighted by molar-refractivity contribution is 14.1. The van der Waals surface area contributed by atoms with Gasteiger partial charge in [-0.1, -0.05) is 17.7 Å². The van der Waals surface area contributed by atoms with Crippen molar-refractivity contribution < 1.29 is 9.13 Å². The summed E-state index contributed by atoms with van der Waals surface area (Å²) in [5, 5.41) is 9.14. The molecule has 3 nitrogen and oxygen atoms in total. The molecule has 0 aromatic heterocycles. The fourth-order valence-electron chi connectivity index (χ4n) is 1.65. The SMILES string of the molecule is N#Cc1cc(N)c(OCc2c(F)cccc2Cl)c(I)c1. The van der Waals surface area contributed by atoms with Crippen LogP contribution in [0.15, 0.2) is 30.3 Å². The van der Waals surface area contributed by atoms with Crippen molar-refractivity contribution >= 4 is 39.9 Å². The maximum absolute atomic E-state index is 13.6. The maximum atomic E-state index is 13.6. The zero-order valence-corrected chi connectivity index (χ0v) is 13.1. The minimum atomic E-state index is -0.431. The van der Waals surface area contributed by atoms with Crippen molar-refractivity contribution in [2.24, 2.45) is 0 Å². The number of nitriles is 1. The largest absolute Gasteiger partial charge is 0.485 e. The lowest BCUT2D eigenvalue weighted by atomic mass is 10.2. The molecule has 0 bridgehead atoms. The first-order chi connectivity index (χ1) is 9.52. The van der Waals surface area contributed by atoms with Crippen LogP contribution < -0.4 is 10.5 Å². The Morgan fingerprint density at radius 3 is 2.75 bits per heavy atom. The monoisotopic (exact) mass is 402 g/mol. The topological polar surface area (TPSA) is 59.0 Å². The molecular formula is C14H9ClFIN2O. The summed E-state index contributed by atoms with van der Waals surface area (Å²) >= 11 is 7.94. The summed E-state index contributed by atoms with van der Waals surface area (Å²) in [5.74, 6) is -0.0105. The molecule has 0 aliphatic carbocycles. The van der Waals surface area contributed by atoms with Gasteiger partial charge in [-0.15, -0.1) is 0 Å². The molecule has 0 spiro atoms. The summed E-state index contributed by atoms with van der Waals surface area (Å²) in [6.07, 6.45) is 0. The molecule has 6 heteroatoms. The fraction of sp³-hybridized carbons (Fsp3) is 0.0714. The molecule has 0 aliphatic rings. The van der Waals surface area contributed by atoms with E-state index in [2.05, 4.69) is 0 Å². The van der Waals surface area contributed by atoms with Gasteiger partial charge >= 0.3 is 0 Å². The zero-order valence-electron chi connectivity index (χ0n) is 10.2. The Hall–Kier alpha value is -1.52. The number of nitrogen functional groups attached to an aromatic ring is 1. The predicted molar refractivity (Wildman–Crippen MR) is 84.0 cm³/mol. The van der Waals surface area contributed by atoms with Gasteiger partial charge in [-0.05, 0) is 46.9 Å². The summed E-state index contributed by atoms with van der Waals surface area (Å²) in [7, 11) is 0. The lowest BCUT2D eigenvalue weighted by Crippen LogP contribution is -2.03. The standard InChI is InChI=1S/C14H9ClFIN2O/c15-10-2-1-3-11(16)9(10)7-20-14-12(17)4-8(6-18)5-13(14)19/h1-5H,7,19H2. The number of ether oxygens (including phenoxy) is 1. The molecule has 0 aliphatic heterocycles. The zero-order chi connectivity index (χ0) is 14.7. The minimum absolute atomic E-state index is 0.0302. The summed E-state index contributed by atoms with van der Waals surface area (Å²) < 4.78 is 19.9. The Balaban J connectivity index is 2.26. The second-order valence-corrected chi connectivity index (χ2v) is 5.55. The number of nitrogens with two attached hydrogens (primary N) is 1. The van der Waals surface area contributed by atoms with Crippen molar-refractivity contribution in [1.29, 1.82) is 5.26 Å². The van der Waals surface area contributed by atoms with Gasteiger partial charge in [-0.3, -0.25) is 0 Å². The van der Waals surface area contributed by atoms with Gasteiger partial charge in [0.05, 0.1) is 25.9 Å². The van der Waals surface area contributed by atoms with Crippen LogP contribution in [-0.2, 0) is 6.61 Å². The van der Waals surface area contributed by atoms with E-state index in [9.17, 15) is 4.39 Å². The quantitative estimate of drug-likeness (QED) is 0.621. The van der Waals surface area contributed by atoms with Crippen LogP contribution in [0.1, 0.15) is 11.1 Å². The van der Waals surface area contributed by atoms with Crippen LogP contribution in [0.25, 0.3) is 0 Å². The lowest BCUT2D eigenvalue weighted by Gasteiger charge is -2.12. The van der Waals surface area contributed by atoms with E-state index in [0.29, 0.717) is 25.6 Å². The first kappa shape index (κ1) is 14.9. The molecule has 0 fully saturated rings. The molecule has 2 aromatic rings. The van der Waals surface area contributed by atoms with Crippen molar-refractivity contribution in [3.63, 3.8) is 0 Å². The molecule has 0 saturated carbocycles. The molecule has 0 unspecified atom stereocenters. The summed E-state index contributed by atoms with van der Waals surface area (Å²) in [5.41, 5.74) is 6.88. The molecular weight excluding hydrogens is 394 g/mol. The molecule has 102 valence electrons. The molecule has 0 amide bonds. The van der Waals surface area contributed by atoms with Gasteiger partial charge in [0.2, 0.25) is 0 Å². The van der Waals surface area contributed by atoms with Crippen LogP contribution in [0, 0.1) is 20.7 Å². The van der Waals surface area contributed by atoms with E-state index >= 15 is 0 Å². The van der Waals surface area contributed by atoms with Crippen molar-refractivity contribution in [3.05, 3.63) is 55.9 Å². The highest BCUT2D eigenvalue weighted by Crippen LogP contribution is 2.31. The molecule has 2 N–H and O–H groups in total. The van der Waals surface area contributed by atoms with Gasteiger partial charge in [0.25, 0.3) is 0 Å². The second kappa shape index (κ2) is 6.29. The third kappa shape index (κ3) is 3.14. The Bertz CT molecular complexity index is 657. The number of anilines is 1. The number of hydrogen-bond donors (Lipinski definition) is 1. The van der Waals surface area contributed by atoms with Crippen molar-refractivity contribution in [2.45, 2.75) is 6.61 Å². The average molecular weight is 403 g/mol. The Morgan fingerprint density at radius 1 is 1.40 bits per heavy atom. The molecule has 0 atom stereocenters. The molecule has 2 aromatic carbocycles. The molecule has 20 heavy (non-hydrogen) atoms. The number of hydrogen-bond acceptors (Lipinski definition) is 3. The maximum Gasteiger partial charge on any atom is 0.156 e. The predicted octanol–water partition coefficient (Wildman–Crippen LogP) is 4.12. The lowest BCUT2D eigenvalue weighted by molar-refractivity contribution is 0.299. The van der Waals surface area contributed by atoms with Crippen molar-refractivity contribution in [3.8, 4) is 11.8 Å². The Kier molecular flexibility index (Phi) is 4.68. The van der Waals surface area contributed by atoms with E-state index in [1.165, 1.54) is 18.2 Å². The van der Waals surface area contributed by atoms with E-state index in [1.807, 2.05) is 28.7 Å². The molecule has 2 rings (SSSR count). The van der Waals surface area contributed by atoms with E-state index < -0.39 is 5.82 Å². The number of rotatable bonds is 3. The van der Waals surface area contributed by atoms with Gasteiger partial charge in [-0.25, -0.2) is 4.39 Å². The van der Waals surface area contributed by atoms with Crippen molar-refractivity contribution in [1.82, 2.24) is 0 Å². The van der Waals surface area contributed by atoms with Gasteiger partial charge in [0.15, 0.2) is 5.75 Å². The van der Waals surface area contributed by atoms with Gasteiger partial charge in [-0.2, -0.15) is 5.26 Å². The Labute approximate surface area is 134 Å². The minimum Gasteiger partial charge on any atom is -0.485 e. The van der Waals surface area contributed by atoms with E-state index in [0.717, 1.165) is 0 Å². The van der Waals surface area contributed by atoms with E-state index in [-0.39, 0.29) is 12.2 Å². The normalized spacial score (nSPS) is 10.1. The van der Waals surface area contributed by atoms with Crippen LogP contribution in [0.4, 0.5) is 10.1 Å². The van der Waals surface area contributed by atoms with Crippen LogP contribution in [-0.4, -0.2) is 0 Å². The van der Waals surface area contributed by atoms with Gasteiger partial charge in [0.1, 0.15) is 12.4 Å². The summed E-state index contributed by atoms with van der Waals surface area (Å²) in [6.45, 7) is -0.0302. The van der Waals surface area contributed by atoms with Gasteiger partial charge < -0.3 is 10.5 Å². The molecule has 0 radical (unpaired) electrons. The van der Waals surface area contributed by atoms with E-state index in [4.69, 9.17) is 27.3 Å². The van der Waals surface area contributed by atoms with E-state index in [1.54, 1.807) is 12.1 Å². The number of halogens is 3. The van der Waals surface area contributed by atoms with Crippen LogP contribution in [0.5, 0.6) is 5.75 Å². The third-order valence-corrected chi connectivity index (χ3v) is 3.78. The molecule has 0 heterocycles. The number of benzene rings is 2. The number of nitrogens with zero attached hydrogens (tertiary/aromatic N) is 1. The molecule has 0 saturated heterocycles. The first-order valence-corrected chi connectivity index (χ1v) is 7.03. The second-order valence-electron chi connectivity index (χ2n) is 3.98. The third-order valence-electron chi connectivity index (χ3n) is 2.62. The smallest absolute Gasteiger partial charge is 0.156 e. The van der Waals surface area contributed by atoms with Crippen molar-refractivity contribution in [2.75, 3.05) is 5.73 Å². The first-order valence-electron chi connectivity index (χ1n) is 5.57. The summed E-state index contributed by atoms with van der Waals surface area (Å²) in [4.78, 5) is 0. The highest BCUT2D eigenvalue weighted by atomic mass is 127. The van der Waals surface area contributed by atoms with Gasteiger partial charge in [0, 0.05) is 5.56 Å². The van der Waals surface area contributed by atoms with Crippen LogP contribution in [0.3, 0.4) is 0 Å². The average Bonchev–Trinajstić information content (AvgIpc) is 2.40.